The van der Waals surface area contributed by atoms with Crippen molar-refractivity contribution in [2.45, 2.75) is 79.6 Å². The van der Waals surface area contributed by atoms with E-state index in [0.29, 0.717) is 21.7 Å². The van der Waals surface area contributed by atoms with Crippen LogP contribution < -0.4 is 0 Å². The molecule has 0 N–H and O–H groups in total. The molecule has 0 saturated heterocycles. The lowest BCUT2D eigenvalue weighted by atomic mass is 9.51. The van der Waals surface area contributed by atoms with Gasteiger partial charge in [-0.2, -0.15) is 0 Å². The molecule has 4 aliphatic rings. The molecular weight excluding hydrogens is 240 g/mol. The molecule has 0 heteroatoms. The van der Waals surface area contributed by atoms with Gasteiger partial charge in [0.25, 0.3) is 0 Å². The molecule has 0 aromatic carbocycles. The summed E-state index contributed by atoms with van der Waals surface area (Å²) in [5.41, 5.74) is 4.16. The van der Waals surface area contributed by atoms with Gasteiger partial charge in [0, 0.05) is 5.41 Å². The van der Waals surface area contributed by atoms with Gasteiger partial charge in [0.1, 0.15) is 0 Å². The second-order valence-corrected chi connectivity index (χ2v) is 9.84. The maximum absolute atomic E-state index is 2.71. The summed E-state index contributed by atoms with van der Waals surface area (Å²) in [6.07, 6.45) is 12.9. The minimum Gasteiger partial charge on any atom is -0.0839 e. The van der Waals surface area contributed by atoms with E-state index in [4.69, 9.17) is 0 Å². The first-order chi connectivity index (χ1) is 9.27. The zero-order valence-electron chi connectivity index (χ0n) is 14.2. The Morgan fingerprint density at radius 3 is 2.50 bits per heavy atom. The molecule has 0 radical (unpaired) electrons. The van der Waals surface area contributed by atoms with E-state index < -0.39 is 0 Å². The van der Waals surface area contributed by atoms with Crippen molar-refractivity contribution < 1.29 is 0 Å². The SMILES string of the molecule is C[C@@H]1CCC[C@]2(C)CC[C@H]3C(C)(C)C[C@]4(C)CC=C1[C@@]324. The minimum absolute atomic E-state index is 0.552. The van der Waals surface area contributed by atoms with Gasteiger partial charge in [0.05, 0.1) is 0 Å². The topological polar surface area (TPSA) is 0 Å². The molecule has 20 heavy (non-hydrogen) atoms. The third-order valence-corrected chi connectivity index (χ3v) is 8.33. The Balaban J connectivity index is 1.99. The molecule has 0 unspecified atom stereocenters. The van der Waals surface area contributed by atoms with Gasteiger partial charge in [-0.15, -0.1) is 0 Å². The molecule has 0 aromatic heterocycles. The van der Waals surface area contributed by atoms with Crippen LogP contribution in [0.5, 0.6) is 0 Å². The van der Waals surface area contributed by atoms with Crippen LogP contribution in [0, 0.1) is 33.5 Å². The molecule has 3 saturated carbocycles. The summed E-state index contributed by atoms with van der Waals surface area (Å²) >= 11 is 0. The largest absolute Gasteiger partial charge is 0.0839 e. The maximum Gasteiger partial charge on any atom is 0.00584 e. The van der Waals surface area contributed by atoms with Crippen LogP contribution in [-0.2, 0) is 0 Å². The van der Waals surface area contributed by atoms with Crippen molar-refractivity contribution in [1.82, 2.24) is 0 Å². The molecule has 4 rings (SSSR count). The second kappa shape index (κ2) is 3.55. The summed E-state index contributed by atoms with van der Waals surface area (Å²) in [6, 6.07) is 0. The zero-order chi connectivity index (χ0) is 14.4. The van der Waals surface area contributed by atoms with Crippen LogP contribution in [-0.4, -0.2) is 0 Å². The summed E-state index contributed by atoms with van der Waals surface area (Å²) in [6.45, 7) is 13.0. The van der Waals surface area contributed by atoms with Crippen LogP contribution in [0.3, 0.4) is 0 Å². The third-order valence-electron chi connectivity index (χ3n) is 8.33. The van der Waals surface area contributed by atoms with E-state index in [0.717, 1.165) is 11.8 Å². The molecule has 112 valence electrons. The molecular formula is C20H32. The quantitative estimate of drug-likeness (QED) is 0.476. The molecule has 4 aliphatic carbocycles. The number of hydrogen-bond donors (Lipinski definition) is 0. The maximum atomic E-state index is 2.71. The molecule has 0 nitrogen and oxygen atoms in total. The third kappa shape index (κ3) is 1.19. The fourth-order valence-electron chi connectivity index (χ4n) is 8.18. The van der Waals surface area contributed by atoms with Crippen molar-refractivity contribution >= 4 is 0 Å². The lowest BCUT2D eigenvalue weighted by Gasteiger charge is -2.52. The highest BCUT2D eigenvalue weighted by Crippen LogP contribution is 2.83. The predicted molar refractivity (Wildman–Crippen MR) is 85.5 cm³/mol. The monoisotopic (exact) mass is 272 g/mol. The van der Waals surface area contributed by atoms with Gasteiger partial charge in [-0.1, -0.05) is 52.7 Å². The van der Waals surface area contributed by atoms with Crippen molar-refractivity contribution in [2.24, 2.45) is 33.5 Å². The summed E-state index contributed by atoms with van der Waals surface area (Å²) < 4.78 is 0. The first-order valence-electron chi connectivity index (χ1n) is 8.97. The van der Waals surface area contributed by atoms with Crippen LogP contribution in [0.15, 0.2) is 11.6 Å². The molecule has 1 spiro atoms. The Kier molecular flexibility index (Phi) is 2.38. The van der Waals surface area contributed by atoms with Crippen molar-refractivity contribution in [3.05, 3.63) is 11.6 Å². The molecule has 0 bridgehead atoms. The van der Waals surface area contributed by atoms with E-state index in [1.165, 1.54) is 44.9 Å². The van der Waals surface area contributed by atoms with Crippen LogP contribution in [0.25, 0.3) is 0 Å². The highest BCUT2D eigenvalue weighted by atomic mass is 14.8. The Bertz CT molecular complexity index is 484. The molecule has 0 heterocycles. The predicted octanol–water partition coefficient (Wildman–Crippen LogP) is 5.98. The van der Waals surface area contributed by atoms with Crippen molar-refractivity contribution in [3.63, 3.8) is 0 Å². The first-order valence-corrected chi connectivity index (χ1v) is 8.97. The Morgan fingerprint density at radius 1 is 1.00 bits per heavy atom. The minimum atomic E-state index is 0.552. The Hall–Kier alpha value is -0.260. The van der Waals surface area contributed by atoms with Crippen LogP contribution in [0.2, 0.25) is 0 Å². The van der Waals surface area contributed by atoms with Gasteiger partial charge >= 0.3 is 0 Å². The van der Waals surface area contributed by atoms with Gasteiger partial charge in [-0.05, 0) is 66.6 Å². The molecule has 0 aromatic rings. The van der Waals surface area contributed by atoms with E-state index in [1.54, 1.807) is 0 Å². The van der Waals surface area contributed by atoms with Crippen molar-refractivity contribution in [3.8, 4) is 0 Å². The van der Waals surface area contributed by atoms with E-state index >= 15 is 0 Å². The molecule has 5 atom stereocenters. The van der Waals surface area contributed by atoms with Crippen molar-refractivity contribution in [2.75, 3.05) is 0 Å². The summed E-state index contributed by atoms with van der Waals surface area (Å²) in [5.74, 6) is 1.78. The van der Waals surface area contributed by atoms with E-state index in [9.17, 15) is 0 Å². The number of rotatable bonds is 0. The number of hydrogen-bond acceptors (Lipinski definition) is 0. The smallest absolute Gasteiger partial charge is 0.00584 e. The van der Waals surface area contributed by atoms with Gasteiger partial charge in [-0.3, -0.25) is 0 Å². The normalized spacial score (nSPS) is 56.1. The number of allylic oxidation sites excluding steroid dienone is 2. The van der Waals surface area contributed by atoms with Crippen molar-refractivity contribution in [1.29, 1.82) is 0 Å². The standard InChI is InChI=1S/C20H32/c1-14-7-6-10-18(4)12-9-16-17(2,3)13-19(5)11-8-15(14)20(16,18)19/h8,14,16H,6-7,9-13H2,1-5H3/t14-,16+,18-,19+,20-/m1/s1. The average molecular weight is 272 g/mol. The van der Waals surface area contributed by atoms with Gasteiger partial charge < -0.3 is 0 Å². The van der Waals surface area contributed by atoms with Gasteiger partial charge in [0.15, 0.2) is 0 Å². The zero-order valence-corrected chi connectivity index (χ0v) is 14.2. The van der Waals surface area contributed by atoms with Crippen LogP contribution >= 0.6 is 0 Å². The van der Waals surface area contributed by atoms with Crippen LogP contribution in [0.4, 0.5) is 0 Å². The Morgan fingerprint density at radius 2 is 1.75 bits per heavy atom. The van der Waals surface area contributed by atoms with Gasteiger partial charge in [-0.25, -0.2) is 0 Å². The second-order valence-electron chi connectivity index (χ2n) is 9.84. The Labute approximate surface area is 125 Å². The molecule has 0 aliphatic heterocycles. The highest BCUT2D eigenvalue weighted by Gasteiger charge is 2.75. The van der Waals surface area contributed by atoms with Gasteiger partial charge in [0.2, 0.25) is 0 Å². The van der Waals surface area contributed by atoms with E-state index in [1.807, 2.05) is 5.57 Å². The summed E-state index contributed by atoms with van der Waals surface area (Å²) in [7, 11) is 0. The van der Waals surface area contributed by atoms with E-state index in [-0.39, 0.29) is 0 Å². The molecule has 3 fully saturated rings. The van der Waals surface area contributed by atoms with E-state index in [2.05, 4.69) is 40.7 Å². The molecule has 0 amide bonds. The highest BCUT2D eigenvalue weighted by molar-refractivity contribution is 5.40. The summed E-state index contributed by atoms with van der Waals surface area (Å²) in [4.78, 5) is 0. The summed E-state index contributed by atoms with van der Waals surface area (Å²) in [5, 5.41) is 0. The fraction of sp³-hybridized carbons (Fsp3) is 0.900. The lowest BCUT2D eigenvalue weighted by molar-refractivity contribution is -0.0000699. The first kappa shape index (κ1) is 13.4. The lowest BCUT2D eigenvalue weighted by Crippen LogP contribution is -2.47. The fourth-order valence-corrected chi connectivity index (χ4v) is 8.18. The average Bonchev–Trinajstić information content (AvgIpc) is 2.82. The van der Waals surface area contributed by atoms with Crippen LogP contribution in [0.1, 0.15) is 79.6 Å².